The summed E-state index contributed by atoms with van der Waals surface area (Å²) in [7, 11) is 0. The summed E-state index contributed by atoms with van der Waals surface area (Å²) >= 11 is 5.33. The van der Waals surface area contributed by atoms with Gasteiger partial charge in [-0.1, -0.05) is 6.92 Å². The van der Waals surface area contributed by atoms with Gasteiger partial charge in [-0.15, -0.1) is 11.3 Å². The third kappa shape index (κ3) is 3.24. The molecule has 0 radical (unpaired) electrons. The number of nitrogens with one attached hydrogen (secondary N) is 1. The predicted molar refractivity (Wildman–Crippen MR) is 82.3 cm³/mol. The van der Waals surface area contributed by atoms with Crippen molar-refractivity contribution >= 4 is 27.3 Å². The molecule has 2 aromatic heterocycles. The molecule has 0 aliphatic heterocycles. The number of aromatic nitrogens is 3. The van der Waals surface area contributed by atoms with E-state index in [2.05, 4.69) is 45.2 Å². The zero-order valence-corrected chi connectivity index (χ0v) is 13.9. The summed E-state index contributed by atoms with van der Waals surface area (Å²) in [5.74, 6) is 0. The van der Waals surface area contributed by atoms with Crippen LogP contribution in [0.2, 0.25) is 0 Å². The lowest BCUT2D eigenvalue weighted by Crippen LogP contribution is -2.22. The van der Waals surface area contributed by atoms with E-state index >= 15 is 0 Å². The third-order valence-corrected chi connectivity index (χ3v) is 5.05. The van der Waals surface area contributed by atoms with Crippen LogP contribution in [0.5, 0.6) is 0 Å². The molecule has 1 atom stereocenters. The second-order valence-electron chi connectivity index (χ2n) is 4.37. The summed E-state index contributed by atoms with van der Waals surface area (Å²) in [5, 5.41) is 11.3. The highest BCUT2D eigenvalue weighted by Crippen LogP contribution is 2.23. The van der Waals surface area contributed by atoms with Crippen LogP contribution < -0.4 is 5.32 Å². The Morgan fingerprint density at radius 1 is 1.47 bits per heavy atom. The lowest BCUT2D eigenvalue weighted by atomic mass is 10.2. The van der Waals surface area contributed by atoms with Crippen molar-refractivity contribution in [3.8, 4) is 0 Å². The van der Waals surface area contributed by atoms with E-state index in [1.54, 1.807) is 11.3 Å². The van der Waals surface area contributed by atoms with Gasteiger partial charge in [0, 0.05) is 24.7 Å². The number of halogens is 1. The molecular formula is C13H19BrN4S. The maximum absolute atomic E-state index is 4.51. The standard InChI is InChI=1S/C13H19BrN4S/c1-4-10(13-15-6-7-19-13)16-8-11-12(14)9(3)17-18(11)5-2/h6-7,10,16H,4-5,8H2,1-3H3. The molecule has 0 amide bonds. The number of aryl methyl sites for hydroxylation is 2. The van der Waals surface area contributed by atoms with E-state index in [0.717, 1.165) is 34.7 Å². The molecule has 6 heteroatoms. The Kier molecular flexibility index (Phi) is 5.13. The summed E-state index contributed by atoms with van der Waals surface area (Å²) < 4.78 is 3.15. The van der Waals surface area contributed by atoms with E-state index < -0.39 is 0 Å². The first-order chi connectivity index (χ1) is 9.17. The van der Waals surface area contributed by atoms with Gasteiger partial charge in [0.25, 0.3) is 0 Å². The SMILES string of the molecule is CCC(NCc1c(Br)c(C)nn1CC)c1nccs1. The molecule has 1 unspecified atom stereocenters. The molecule has 0 bridgehead atoms. The van der Waals surface area contributed by atoms with Crippen molar-refractivity contribution in [3.05, 3.63) is 32.4 Å². The molecule has 0 saturated heterocycles. The Bertz CT molecular complexity index is 521. The van der Waals surface area contributed by atoms with Crippen molar-refractivity contribution in [3.63, 3.8) is 0 Å². The van der Waals surface area contributed by atoms with Crippen molar-refractivity contribution in [1.29, 1.82) is 0 Å². The summed E-state index contributed by atoms with van der Waals surface area (Å²) in [6.45, 7) is 8.00. The zero-order valence-electron chi connectivity index (χ0n) is 11.5. The molecule has 0 aromatic carbocycles. The molecular weight excluding hydrogens is 324 g/mol. The zero-order chi connectivity index (χ0) is 13.8. The largest absolute Gasteiger partial charge is 0.302 e. The molecule has 1 N–H and O–H groups in total. The van der Waals surface area contributed by atoms with E-state index in [9.17, 15) is 0 Å². The van der Waals surface area contributed by atoms with Gasteiger partial charge >= 0.3 is 0 Å². The molecule has 2 heterocycles. The quantitative estimate of drug-likeness (QED) is 0.870. The Labute approximate surface area is 126 Å². The predicted octanol–water partition coefficient (Wildman–Crippen LogP) is 3.67. The van der Waals surface area contributed by atoms with Gasteiger partial charge in [0.1, 0.15) is 5.01 Å². The Balaban J connectivity index is 2.09. The average molecular weight is 343 g/mol. The number of rotatable bonds is 6. The van der Waals surface area contributed by atoms with Gasteiger partial charge in [-0.25, -0.2) is 4.98 Å². The molecule has 0 aliphatic rings. The fourth-order valence-corrected chi connectivity index (χ4v) is 3.29. The molecule has 2 aromatic rings. The molecule has 0 spiro atoms. The third-order valence-electron chi connectivity index (χ3n) is 3.13. The lowest BCUT2D eigenvalue weighted by Gasteiger charge is -2.15. The van der Waals surface area contributed by atoms with Gasteiger partial charge in [0.05, 0.1) is 21.9 Å². The van der Waals surface area contributed by atoms with Crippen molar-refractivity contribution in [2.24, 2.45) is 0 Å². The first-order valence-corrected chi connectivity index (χ1v) is 8.19. The normalized spacial score (nSPS) is 12.8. The van der Waals surface area contributed by atoms with Crippen molar-refractivity contribution in [2.45, 2.75) is 46.3 Å². The summed E-state index contributed by atoms with van der Waals surface area (Å²) in [6.07, 6.45) is 2.89. The van der Waals surface area contributed by atoms with E-state index in [0.29, 0.717) is 6.04 Å². The monoisotopic (exact) mass is 342 g/mol. The number of hydrogen-bond acceptors (Lipinski definition) is 4. The first-order valence-electron chi connectivity index (χ1n) is 6.51. The number of thiazole rings is 1. The van der Waals surface area contributed by atoms with Gasteiger partial charge in [0.15, 0.2) is 0 Å². The van der Waals surface area contributed by atoms with Crippen LogP contribution in [0.15, 0.2) is 16.0 Å². The highest BCUT2D eigenvalue weighted by Gasteiger charge is 2.15. The van der Waals surface area contributed by atoms with E-state index in [4.69, 9.17) is 0 Å². The van der Waals surface area contributed by atoms with Gasteiger partial charge < -0.3 is 5.32 Å². The maximum Gasteiger partial charge on any atom is 0.109 e. The highest BCUT2D eigenvalue weighted by atomic mass is 79.9. The molecule has 0 saturated carbocycles. The lowest BCUT2D eigenvalue weighted by molar-refractivity contribution is 0.491. The topological polar surface area (TPSA) is 42.7 Å². The summed E-state index contributed by atoms with van der Waals surface area (Å²) in [5.41, 5.74) is 2.25. The molecule has 4 nitrogen and oxygen atoms in total. The summed E-state index contributed by atoms with van der Waals surface area (Å²) in [4.78, 5) is 4.39. The second kappa shape index (κ2) is 6.63. The van der Waals surface area contributed by atoms with Crippen molar-refractivity contribution in [2.75, 3.05) is 0 Å². The van der Waals surface area contributed by atoms with Crippen LogP contribution in [-0.4, -0.2) is 14.8 Å². The van der Waals surface area contributed by atoms with Crippen molar-refractivity contribution in [1.82, 2.24) is 20.1 Å². The van der Waals surface area contributed by atoms with Crippen LogP contribution in [0, 0.1) is 6.92 Å². The fraction of sp³-hybridized carbons (Fsp3) is 0.538. The first kappa shape index (κ1) is 14.7. The minimum Gasteiger partial charge on any atom is -0.302 e. The average Bonchev–Trinajstić information content (AvgIpc) is 3.02. The van der Waals surface area contributed by atoms with Crippen LogP contribution in [0.25, 0.3) is 0 Å². The van der Waals surface area contributed by atoms with E-state index in [1.807, 2.05) is 23.2 Å². The molecule has 19 heavy (non-hydrogen) atoms. The fourth-order valence-electron chi connectivity index (χ4n) is 2.07. The van der Waals surface area contributed by atoms with Crippen LogP contribution in [0.3, 0.4) is 0 Å². The number of nitrogens with zero attached hydrogens (tertiary/aromatic N) is 3. The van der Waals surface area contributed by atoms with E-state index in [1.165, 1.54) is 5.69 Å². The Morgan fingerprint density at radius 2 is 2.26 bits per heavy atom. The van der Waals surface area contributed by atoms with Crippen LogP contribution >= 0.6 is 27.3 Å². The minimum absolute atomic E-state index is 0.312. The molecule has 0 fully saturated rings. The molecule has 104 valence electrons. The minimum atomic E-state index is 0.312. The highest BCUT2D eigenvalue weighted by molar-refractivity contribution is 9.10. The smallest absolute Gasteiger partial charge is 0.109 e. The molecule has 2 rings (SSSR count). The van der Waals surface area contributed by atoms with Crippen LogP contribution in [0.1, 0.15) is 42.7 Å². The second-order valence-corrected chi connectivity index (χ2v) is 6.09. The van der Waals surface area contributed by atoms with Gasteiger partial charge in [0.2, 0.25) is 0 Å². The van der Waals surface area contributed by atoms with Gasteiger partial charge in [-0.2, -0.15) is 5.10 Å². The van der Waals surface area contributed by atoms with Crippen LogP contribution in [0.4, 0.5) is 0 Å². The van der Waals surface area contributed by atoms with Gasteiger partial charge in [-0.3, -0.25) is 4.68 Å². The summed E-state index contributed by atoms with van der Waals surface area (Å²) in [6, 6.07) is 0.312. The maximum atomic E-state index is 4.51. The Hall–Kier alpha value is -0.720. The van der Waals surface area contributed by atoms with Gasteiger partial charge in [-0.05, 0) is 36.2 Å². The number of hydrogen-bond donors (Lipinski definition) is 1. The Morgan fingerprint density at radius 3 is 2.84 bits per heavy atom. The molecule has 0 aliphatic carbocycles. The van der Waals surface area contributed by atoms with E-state index in [-0.39, 0.29) is 0 Å². The van der Waals surface area contributed by atoms with Crippen molar-refractivity contribution < 1.29 is 0 Å². The van der Waals surface area contributed by atoms with Crippen LogP contribution in [-0.2, 0) is 13.1 Å².